The number of hydrogen-bond acceptors (Lipinski definition) is 7. The highest BCUT2D eigenvalue weighted by Crippen LogP contribution is 2.30. The first kappa shape index (κ1) is 13.8. The van der Waals surface area contributed by atoms with Gasteiger partial charge in [0.15, 0.2) is 4.34 Å². The largest absolute Gasteiger partial charge is 0.462 e. The van der Waals surface area contributed by atoms with E-state index >= 15 is 0 Å². The number of nitrogens with two attached hydrogens (primary N) is 1. The summed E-state index contributed by atoms with van der Waals surface area (Å²) in [6.45, 7) is 4.00. The monoisotopic (exact) mass is 295 g/mol. The molecule has 0 unspecified atom stereocenters. The van der Waals surface area contributed by atoms with Gasteiger partial charge < -0.3 is 10.5 Å². The van der Waals surface area contributed by atoms with Gasteiger partial charge in [0.25, 0.3) is 0 Å². The number of pyridine rings is 1. The summed E-state index contributed by atoms with van der Waals surface area (Å²) < 4.78 is 5.83. The van der Waals surface area contributed by atoms with Crippen LogP contribution < -0.4 is 5.73 Å². The molecule has 0 aliphatic carbocycles. The zero-order valence-corrected chi connectivity index (χ0v) is 12.2. The first-order valence-electron chi connectivity index (χ1n) is 5.62. The van der Waals surface area contributed by atoms with Crippen LogP contribution in [0.15, 0.2) is 27.0 Å². The van der Waals surface area contributed by atoms with Crippen LogP contribution in [0.4, 0.5) is 5.69 Å². The molecular formula is C12H13N3O2S2. The van der Waals surface area contributed by atoms with Gasteiger partial charge >= 0.3 is 5.97 Å². The van der Waals surface area contributed by atoms with Crippen molar-refractivity contribution in [1.29, 1.82) is 0 Å². The van der Waals surface area contributed by atoms with Crippen molar-refractivity contribution in [3.05, 3.63) is 28.9 Å². The van der Waals surface area contributed by atoms with E-state index in [-0.39, 0.29) is 0 Å². The molecule has 0 bridgehead atoms. The number of aryl methyl sites for hydroxylation is 1. The molecule has 0 spiro atoms. The standard InChI is InChI=1S/C12H13N3O2S2/c1-3-17-11(16)8-4-10(14-5-9(8)13)19-12-15-7(2)6-18-12/h4-6H,3,13H2,1-2H3. The number of hydrogen-bond donors (Lipinski definition) is 1. The van der Waals surface area contributed by atoms with Gasteiger partial charge in [-0.3, -0.25) is 0 Å². The number of nitrogen functional groups attached to an aromatic ring is 1. The number of nitrogens with zero attached hydrogens (tertiary/aromatic N) is 2. The van der Waals surface area contributed by atoms with Gasteiger partial charge in [-0.25, -0.2) is 14.8 Å². The molecule has 0 fully saturated rings. The first-order valence-corrected chi connectivity index (χ1v) is 7.32. The molecule has 2 aromatic heterocycles. The Kier molecular flexibility index (Phi) is 4.39. The summed E-state index contributed by atoms with van der Waals surface area (Å²) in [4.78, 5) is 20.2. The quantitative estimate of drug-likeness (QED) is 0.874. The zero-order valence-electron chi connectivity index (χ0n) is 10.5. The summed E-state index contributed by atoms with van der Waals surface area (Å²) in [7, 11) is 0. The number of aromatic nitrogens is 2. The molecule has 0 saturated heterocycles. The molecule has 100 valence electrons. The molecular weight excluding hydrogens is 282 g/mol. The maximum absolute atomic E-state index is 11.7. The van der Waals surface area contributed by atoms with Crippen molar-refractivity contribution >= 4 is 34.8 Å². The van der Waals surface area contributed by atoms with E-state index in [4.69, 9.17) is 10.5 Å². The topological polar surface area (TPSA) is 78.1 Å². The Morgan fingerprint density at radius 1 is 1.58 bits per heavy atom. The number of thiazole rings is 1. The summed E-state index contributed by atoms with van der Waals surface area (Å²) in [5, 5.41) is 2.64. The highest BCUT2D eigenvalue weighted by atomic mass is 32.2. The number of anilines is 1. The molecule has 0 amide bonds. The average Bonchev–Trinajstić information content (AvgIpc) is 2.77. The molecule has 2 rings (SSSR count). The average molecular weight is 295 g/mol. The second kappa shape index (κ2) is 6.03. The molecule has 0 radical (unpaired) electrons. The van der Waals surface area contributed by atoms with Crippen LogP contribution in [-0.2, 0) is 4.74 Å². The molecule has 0 atom stereocenters. The van der Waals surface area contributed by atoms with Gasteiger partial charge in [-0.2, -0.15) is 0 Å². The zero-order chi connectivity index (χ0) is 13.8. The van der Waals surface area contributed by atoms with Crippen LogP contribution in [0.5, 0.6) is 0 Å². The molecule has 7 heteroatoms. The first-order chi connectivity index (χ1) is 9.10. The molecule has 0 aliphatic rings. The van der Waals surface area contributed by atoms with E-state index in [0.29, 0.717) is 22.9 Å². The van der Waals surface area contributed by atoms with Crippen molar-refractivity contribution in [1.82, 2.24) is 9.97 Å². The molecule has 2 aromatic rings. The number of rotatable bonds is 4. The third-order valence-corrected chi connectivity index (χ3v) is 4.18. The number of carbonyl (C=O) groups excluding carboxylic acids is 1. The van der Waals surface area contributed by atoms with E-state index in [1.807, 2.05) is 12.3 Å². The minimum Gasteiger partial charge on any atom is -0.462 e. The molecule has 5 nitrogen and oxygen atoms in total. The van der Waals surface area contributed by atoms with Crippen molar-refractivity contribution in [2.24, 2.45) is 0 Å². The maximum Gasteiger partial charge on any atom is 0.340 e. The molecule has 2 heterocycles. The van der Waals surface area contributed by atoms with Crippen molar-refractivity contribution in [3.63, 3.8) is 0 Å². The van der Waals surface area contributed by atoms with Gasteiger partial charge in [0.2, 0.25) is 0 Å². The molecule has 2 N–H and O–H groups in total. The van der Waals surface area contributed by atoms with E-state index in [9.17, 15) is 4.79 Å². The summed E-state index contributed by atoms with van der Waals surface area (Å²) in [6, 6.07) is 1.63. The third-order valence-electron chi connectivity index (χ3n) is 2.19. The van der Waals surface area contributed by atoms with Gasteiger partial charge in [0.1, 0.15) is 5.03 Å². The van der Waals surface area contributed by atoms with Crippen molar-refractivity contribution < 1.29 is 9.53 Å². The van der Waals surface area contributed by atoms with Crippen LogP contribution in [-0.4, -0.2) is 22.5 Å². The van der Waals surface area contributed by atoms with E-state index in [1.54, 1.807) is 13.0 Å². The van der Waals surface area contributed by atoms with Gasteiger partial charge in [0.05, 0.1) is 24.1 Å². The lowest BCUT2D eigenvalue weighted by Gasteiger charge is -2.06. The fourth-order valence-electron chi connectivity index (χ4n) is 1.36. The molecule has 0 aromatic carbocycles. The fraction of sp³-hybridized carbons (Fsp3) is 0.250. The van der Waals surface area contributed by atoms with Crippen LogP contribution >= 0.6 is 23.1 Å². The van der Waals surface area contributed by atoms with Crippen LogP contribution in [0.3, 0.4) is 0 Å². The highest BCUT2D eigenvalue weighted by molar-refractivity contribution is 8.01. The summed E-state index contributed by atoms with van der Waals surface area (Å²) >= 11 is 2.94. The predicted octanol–water partition coefficient (Wildman–Crippen LogP) is 2.76. The second-order valence-electron chi connectivity index (χ2n) is 3.69. The summed E-state index contributed by atoms with van der Waals surface area (Å²) in [5.41, 5.74) is 7.36. The summed E-state index contributed by atoms with van der Waals surface area (Å²) in [5.74, 6) is -0.431. The van der Waals surface area contributed by atoms with E-state index in [2.05, 4.69) is 9.97 Å². The van der Waals surface area contributed by atoms with Crippen LogP contribution in [0.25, 0.3) is 0 Å². The molecule has 0 saturated carbocycles. The lowest BCUT2D eigenvalue weighted by molar-refractivity contribution is 0.0527. The van der Waals surface area contributed by atoms with Crippen molar-refractivity contribution in [2.75, 3.05) is 12.3 Å². The smallest absolute Gasteiger partial charge is 0.340 e. The molecule has 0 aliphatic heterocycles. The Morgan fingerprint density at radius 3 is 3.00 bits per heavy atom. The Balaban J connectivity index is 2.23. The minimum atomic E-state index is -0.431. The number of esters is 1. The van der Waals surface area contributed by atoms with Crippen LogP contribution in [0, 0.1) is 6.92 Å². The van der Waals surface area contributed by atoms with Gasteiger partial charge in [0, 0.05) is 11.1 Å². The number of carbonyl (C=O) groups is 1. The minimum absolute atomic E-state index is 0.314. The Labute approximate surface area is 119 Å². The summed E-state index contributed by atoms with van der Waals surface area (Å²) in [6.07, 6.45) is 1.47. The lowest BCUT2D eigenvalue weighted by Crippen LogP contribution is -2.08. The van der Waals surface area contributed by atoms with Gasteiger partial charge in [-0.05, 0) is 31.7 Å². The van der Waals surface area contributed by atoms with Crippen molar-refractivity contribution in [2.45, 2.75) is 23.2 Å². The fourth-order valence-corrected chi connectivity index (χ4v) is 3.12. The lowest BCUT2D eigenvalue weighted by atomic mass is 10.2. The predicted molar refractivity (Wildman–Crippen MR) is 75.6 cm³/mol. The Hall–Kier alpha value is -1.60. The van der Waals surface area contributed by atoms with E-state index < -0.39 is 5.97 Å². The van der Waals surface area contributed by atoms with Gasteiger partial charge in [-0.1, -0.05) is 0 Å². The normalized spacial score (nSPS) is 10.4. The van der Waals surface area contributed by atoms with E-state index in [1.165, 1.54) is 29.3 Å². The molecule has 19 heavy (non-hydrogen) atoms. The van der Waals surface area contributed by atoms with Crippen LogP contribution in [0.1, 0.15) is 23.0 Å². The third kappa shape index (κ3) is 3.45. The Bertz CT molecular complexity index is 598. The SMILES string of the molecule is CCOC(=O)c1cc(Sc2nc(C)cs2)ncc1N. The Morgan fingerprint density at radius 2 is 2.37 bits per heavy atom. The van der Waals surface area contributed by atoms with E-state index in [0.717, 1.165) is 10.0 Å². The van der Waals surface area contributed by atoms with Crippen molar-refractivity contribution in [3.8, 4) is 0 Å². The van der Waals surface area contributed by atoms with Gasteiger partial charge in [-0.15, -0.1) is 11.3 Å². The maximum atomic E-state index is 11.7. The highest BCUT2D eigenvalue weighted by Gasteiger charge is 2.13. The second-order valence-corrected chi connectivity index (χ2v) is 5.81. The van der Waals surface area contributed by atoms with Crippen LogP contribution in [0.2, 0.25) is 0 Å². The number of ether oxygens (including phenoxy) is 1.